The lowest BCUT2D eigenvalue weighted by atomic mass is 9.98. The van der Waals surface area contributed by atoms with Gasteiger partial charge in [0.2, 0.25) is 10.0 Å². The number of halogens is 2. The minimum absolute atomic E-state index is 0.0279. The molecule has 40 heavy (non-hydrogen) atoms. The highest BCUT2D eigenvalue weighted by Crippen LogP contribution is 2.39. The molecule has 3 aromatic carbocycles. The summed E-state index contributed by atoms with van der Waals surface area (Å²) >= 11 is 0. The van der Waals surface area contributed by atoms with E-state index in [1.807, 2.05) is 48.9 Å². The van der Waals surface area contributed by atoms with Gasteiger partial charge in [-0.1, -0.05) is 18.2 Å². The Labute approximate surface area is 230 Å². The summed E-state index contributed by atoms with van der Waals surface area (Å²) in [7, 11) is -2.28. The van der Waals surface area contributed by atoms with E-state index in [9.17, 15) is 17.2 Å². The van der Waals surface area contributed by atoms with E-state index in [1.165, 1.54) is 25.2 Å². The average molecular weight is 565 g/mol. The van der Waals surface area contributed by atoms with E-state index < -0.39 is 16.6 Å². The van der Waals surface area contributed by atoms with Gasteiger partial charge in [0.1, 0.15) is 17.3 Å². The van der Waals surface area contributed by atoms with Gasteiger partial charge < -0.3 is 13.7 Å². The Hall–Kier alpha value is -4.35. The average Bonchev–Trinajstić information content (AvgIpc) is 3.49. The highest BCUT2D eigenvalue weighted by Gasteiger charge is 2.22. The SMILES string of the molecule is CNS(=O)(=O)c1cccc(-c2ccc(-n3cc(C)nc3C)c(-c3nc(C)oc3-c3ccc(OC(F)F)cc3)c2)c1. The van der Waals surface area contributed by atoms with Crippen LogP contribution in [0.5, 0.6) is 5.75 Å². The molecule has 0 aliphatic rings. The van der Waals surface area contributed by atoms with Crippen LogP contribution in [0.15, 0.2) is 82.2 Å². The molecular formula is C29H26F2N4O4S. The first-order chi connectivity index (χ1) is 19.1. The summed E-state index contributed by atoms with van der Waals surface area (Å²) in [5.74, 6) is 1.65. The molecule has 2 aromatic heterocycles. The molecule has 5 aromatic rings. The van der Waals surface area contributed by atoms with Crippen molar-refractivity contribution in [3.8, 4) is 45.1 Å². The fraction of sp³-hybridized carbons (Fsp3) is 0.172. The Morgan fingerprint density at radius 2 is 1.62 bits per heavy atom. The van der Waals surface area contributed by atoms with Crippen LogP contribution in [0.2, 0.25) is 0 Å². The maximum absolute atomic E-state index is 12.7. The predicted molar refractivity (Wildman–Crippen MR) is 147 cm³/mol. The van der Waals surface area contributed by atoms with Gasteiger partial charge in [-0.05, 0) is 80.6 Å². The topological polar surface area (TPSA) is 99.2 Å². The van der Waals surface area contributed by atoms with Gasteiger partial charge >= 0.3 is 6.61 Å². The molecule has 0 aliphatic heterocycles. The number of aromatic nitrogens is 3. The molecule has 11 heteroatoms. The second-order valence-corrected chi connectivity index (χ2v) is 11.0. The van der Waals surface area contributed by atoms with Crippen LogP contribution in [-0.4, -0.2) is 36.6 Å². The smallest absolute Gasteiger partial charge is 0.387 e. The highest BCUT2D eigenvalue weighted by molar-refractivity contribution is 7.89. The first-order valence-electron chi connectivity index (χ1n) is 12.3. The first-order valence-corrected chi connectivity index (χ1v) is 13.8. The Morgan fingerprint density at radius 3 is 2.27 bits per heavy atom. The van der Waals surface area contributed by atoms with Crippen molar-refractivity contribution in [2.45, 2.75) is 32.3 Å². The molecule has 5 rings (SSSR count). The Balaban J connectivity index is 1.70. The number of benzene rings is 3. The summed E-state index contributed by atoms with van der Waals surface area (Å²) in [6.07, 6.45) is 1.91. The Morgan fingerprint density at radius 1 is 0.925 bits per heavy atom. The number of nitrogens with zero attached hydrogens (tertiary/aromatic N) is 3. The fourth-order valence-electron chi connectivity index (χ4n) is 4.53. The van der Waals surface area contributed by atoms with Crippen LogP contribution in [0.25, 0.3) is 39.4 Å². The van der Waals surface area contributed by atoms with Gasteiger partial charge in [0.25, 0.3) is 0 Å². The van der Waals surface area contributed by atoms with Crippen LogP contribution in [0, 0.1) is 20.8 Å². The summed E-state index contributed by atoms with van der Waals surface area (Å²) in [5, 5.41) is 0. The summed E-state index contributed by atoms with van der Waals surface area (Å²) in [6.45, 7) is 2.60. The number of oxazole rings is 1. The van der Waals surface area contributed by atoms with E-state index >= 15 is 0 Å². The van der Waals surface area contributed by atoms with Crippen molar-refractivity contribution in [3.63, 3.8) is 0 Å². The molecule has 8 nitrogen and oxygen atoms in total. The van der Waals surface area contributed by atoms with Crippen molar-refractivity contribution in [1.82, 2.24) is 19.3 Å². The third-order valence-electron chi connectivity index (χ3n) is 6.34. The maximum Gasteiger partial charge on any atom is 0.387 e. The van der Waals surface area contributed by atoms with Crippen LogP contribution in [0.3, 0.4) is 0 Å². The monoisotopic (exact) mass is 564 g/mol. The van der Waals surface area contributed by atoms with E-state index in [0.717, 1.165) is 22.8 Å². The van der Waals surface area contributed by atoms with E-state index in [4.69, 9.17) is 9.40 Å². The van der Waals surface area contributed by atoms with Crippen molar-refractivity contribution >= 4 is 10.0 Å². The number of hydrogen-bond acceptors (Lipinski definition) is 6. The molecule has 2 heterocycles. The molecule has 0 saturated heterocycles. The van der Waals surface area contributed by atoms with Crippen LogP contribution >= 0.6 is 0 Å². The van der Waals surface area contributed by atoms with E-state index in [-0.39, 0.29) is 10.6 Å². The molecule has 0 amide bonds. The van der Waals surface area contributed by atoms with Crippen LogP contribution < -0.4 is 9.46 Å². The summed E-state index contributed by atoms with van der Waals surface area (Å²) in [4.78, 5) is 9.38. The quantitative estimate of drug-likeness (QED) is 0.238. The number of nitrogens with one attached hydrogen (secondary N) is 1. The molecule has 0 atom stereocenters. The Bertz CT molecular complexity index is 1800. The van der Waals surface area contributed by atoms with Crippen LogP contribution in [-0.2, 0) is 10.0 Å². The number of ether oxygens (including phenoxy) is 1. The summed E-state index contributed by atoms with van der Waals surface area (Å²) in [6, 6.07) is 18.5. The normalized spacial score (nSPS) is 11.8. The van der Waals surface area contributed by atoms with Gasteiger partial charge in [0, 0.05) is 24.2 Å². The van der Waals surface area contributed by atoms with Gasteiger partial charge in [-0.15, -0.1) is 0 Å². The van der Waals surface area contributed by atoms with Gasteiger partial charge in [0.15, 0.2) is 11.7 Å². The van der Waals surface area contributed by atoms with Gasteiger partial charge in [0.05, 0.1) is 16.3 Å². The summed E-state index contributed by atoms with van der Waals surface area (Å²) in [5.41, 5.74) is 4.93. The van der Waals surface area contributed by atoms with Crippen molar-refractivity contribution < 1.29 is 26.4 Å². The largest absolute Gasteiger partial charge is 0.440 e. The van der Waals surface area contributed by atoms with Crippen LogP contribution in [0.4, 0.5) is 8.78 Å². The van der Waals surface area contributed by atoms with Crippen molar-refractivity contribution in [1.29, 1.82) is 0 Å². The highest BCUT2D eigenvalue weighted by atomic mass is 32.2. The van der Waals surface area contributed by atoms with Crippen molar-refractivity contribution in [3.05, 3.63) is 90.3 Å². The van der Waals surface area contributed by atoms with Crippen LogP contribution in [0.1, 0.15) is 17.4 Å². The molecular weight excluding hydrogens is 538 g/mol. The molecule has 0 aliphatic carbocycles. The van der Waals surface area contributed by atoms with Gasteiger partial charge in [-0.25, -0.2) is 23.1 Å². The zero-order chi connectivity index (χ0) is 28.6. The lowest BCUT2D eigenvalue weighted by molar-refractivity contribution is -0.0498. The number of hydrogen-bond donors (Lipinski definition) is 1. The summed E-state index contributed by atoms with van der Waals surface area (Å²) < 4.78 is 65.0. The minimum Gasteiger partial charge on any atom is -0.440 e. The molecule has 1 N–H and O–H groups in total. The molecule has 0 unspecified atom stereocenters. The molecule has 206 valence electrons. The zero-order valence-corrected chi connectivity index (χ0v) is 23.0. The maximum atomic E-state index is 12.7. The fourth-order valence-corrected chi connectivity index (χ4v) is 5.31. The first kappa shape index (κ1) is 27.2. The number of imidazole rings is 1. The molecule has 0 radical (unpaired) electrons. The van der Waals surface area contributed by atoms with Crippen molar-refractivity contribution in [2.75, 3.05) is 7.05 Å². The van der Waals surface area contributed by atoms with Crippen molar-refractivity contribution in [2.24, 2.45) is 0 Å². The number of aryl methyl sites for hydroxylation is 3. The third-order valence-corrected chi connectivity index (χ3v) is 7.75. The Kier molecular flexibility index (Phi) is 7.26. The van der Waals surface area contributed by atoms with E-state index in [0.29, 0.717) is 34.0 Å². The molecule has 0 bridgehead atoms. The predicted octanol–water partition coefficient (Wildman–Crippen LogP) is 6.30. The van der Waals surface area contributed by atoms with Gasteiger partial charge in [-0.3, -0.25) is 0 Å². The minimum atomic E-state index is -3.64. The molecule has 0 saturated carbocycles. The number of rotatable bonds is 8. The zero-order valence-electron chi connectivity index (χ0n) is 22.1. The number of alkyl halides is 2. The standard InChI is InChI=1S/C29H26F2N4O4S/c1-17-16-35(18(2)33-17)26-13-10-22(21-6-5-7-24(14-21)40(36,37)32-4)15-25(26)27-28(38-19(3)34-27)20-8-11-23(12-9-20)39-29(30)31/h5-16,29,32H,1-4H3. The third kappa shape index (κ3) is 5.38. The van der Waals surface area contributed by atoms with Gasteiger partial charge in [-0.2, -0.15) is 8.78 Å². The molecule has 0 fully saturated rings. The lowest BCUT2D eigenvalue weighted by Crippen LogP contribution is -2.18. The van der Waals surface area contributed by atoms with E-state index in [1.54, 1.807) is 31.2 Å². The lowest BCUT2D eigenvalue weighted by Gasteiger charge is -2.14. The number of sulfonamides is 1. The molecule has 0 spiro atoms. The second-order valence-electron chi connectivity index (χ2n) is 9.08. The van der Waals surface area contributed by atoms with E-state index in [2.05, 4.69) is 14.4 Å². The second kappa shape index (κ2) is 10.7.